The Bertz CT molecular complexity index is 442. The summed E-state index contributed by atoms with van der Waals surface area (Å²) in [6, 6.07) is 10.5. The molecule has 1 aromatic heterocycles. The summed E-state index contributed by atoms with van der Waals surface area (Å²) in [6.45, 7) is 3.03. The van der Waals surface area contributed by atoms with Gasteiger partial charge in [0.2, 0.25) is 0 Å². The van der Waals surface area contributed by atoms with E-state index in [-0.39, 0.29) is 0 Å². The van der Waals surface area contributed by atoms with Crippen LogP contribution in [0, 0.1) is 6.92 Å². The molecule has 0 aliphatic carbocycles. The minimum atomic E-state index is 0.933. The largest absolute Gasteiger partial charge is 0.385 e. The first kappa shape index (κ1) is 10.7. The Labute approximate surface area is 96.1 Å². The zero-order valence-electron chi connectivity index (χ0n) is 9.77. The van der Waals surface area contributed by atoms with Gasteiger partial charge in [-0.05, 0) is 25.1 Å². The first-order valence-electron chi connectivity index (χ1n) is 5.53. The average Bonchev–Trinajstić information content (AvgIpc) is 2.68. The molecule has 3 nitrogen and oxygen atoms in total. The van der Waals surface area contributed by atoms with Crippen molar-refractivity contribution in [2.45, 2.75) is 13.3 Å². The zero-order valence-corrected chi connectivity index (χ0v) is 9.77. The molecule has 1 heterocycles. The summed E-state index contributed by atoms with van der Waals surface area (Å²) >= 11 is 0. The van der Waals surface area contributed by atoms with Crippen molar-refractivity contribution in [2.75, 3.05) is 11.9 Å². The van der Waals surface area contributed by atoms with E-state index in [0.717, 1.165) is 13.0 Å². The van der Waals surface area contributed by atoms with E-state index in [2.05, 4.69) is 47.7 Å². The van der Waals surface area contributed by atoms with Crippen molar-refractivity contribution >= 4 is 5.69 Å². The van der Waals surface area contributed by atoms with Crippen molar-refractivity contribution in [1.82, 2.24) is 9.78 Å². The molecular weight excluding hydrogens is 198 g/mol. The number of hydrogen-bond acceptors (Lipinski definition) is 2. The molecule has 1 N–H and O–H groups in total. The van der Waals surface area contributed by atoms with Gasteiger partial charge in [-0.25, -0.2) is 0 Å². The van der Waals surface area contributed by atoms with Gasteiger partial charge in [-0.1, -0.05) is 17.7 Å². The van der Waals surface area contributed by atoms with Crippen molar-refractivity contribution < 1.29 is 0 Å². The summed E-state index contributed by atoms with van der Waals surface area (Å²) in [5.41, 5.74) is 3.71. The monoisotopic (exact) mass is 215 g/mol. The highest BCUT2D eigenvalue weighted by Crippen LogP contribution is 2.08. The number of rotatable bonds is 4. The summed E-state index contributed by atoms with van der Waals surface area (Å²) in [6.07, 6.45) is 2.82. The maximum Gasteiger partial charge on any atom is 0.0492 e. The predicted octanol–water partition coefficient (Wildman–Crippen LogP) is 2.38. The van der Waals surface area contributed by atoms with Crippen LogP contribution in [0.25, 0.3) is 0 Å². The van der Waals surface area contributed by atoms with E-state index in [1.165, 1.54) is 16.9 Å². The van der Waals surface area contributed by atoms with E-state index >= 15 is 0 Å². The molecule has 0 aliphatic heterocycles. The number of benzene rings is 1. The number of nitrogens with one attached hydrogen (secondary N) is 1. The third-order valence-electron chi connectivity index (χ3n) is 2.68. The highest BCUT2D eigenvalue weighted by Gasteiger charge is 1.97. The van der Waals surface area contributed by atoms with Gasteiger partial charge in [0.1, 0.15) is 0 Å². The van der Waals surface area contributed by atoms with Crippen LogP contribution in [0.5, 0.6) is 0 Å². The standard InChI is InChI=1S/C13H17N3/c1-11-3-5-12(6-4-11)14-9-7-13-8-10-15-16(13)2/h3-6,8,10,14H,7,9H2,1-2H3. The van der Waals surface area contributed by atoms with Crippen LogP contribution >= 0.6 is 0 Å². The molecule has 0 spiro atoms. The Morgan fingerprint density at radius 3 is 2.56 bits per heavy atom. The van der Waals surface area contributed by atoms with Gasteiger partial charge in [-0.15, -0.1) is 0 Å². The van der Waals surface area contributed by atoms with Gasteiger partial charge in [-0.3, -0.25) is 4.68 Å². The highest BCUT2D eigenvalue weighted by atomic mass is 15.3. The summed E-state index contributed by atoms with van der Waals surface area (Å²) in [5, 5.41) is 7.54. The molecule has 0 atom stereocenters. The van der Waals surface area contributed by atoms with Crippen LogP contribution in [0.4, 0.5) is 5.69 Å². The van der Waals surface area contributed by atoms with Gasteiger partial charge < -0.3 is 5.32 Å². The predicted molar refractivity (Wildman–Crippen MR) is 66.6 cm³/mol. The quantitative estimate of drug-likeness (QED) is 0.848. The zero-order chi connectivity index (χ0) is 11.4. The summed E-state index contributed by atoms with van der Waals surface area (Å²) in [7, 11) is 1.97. The Morgan fingerprint density at radius 1 is 1.19 bits per heavy atom. The first-order valence-corrected chi connectivity index (χ1v) is 5.53. The molecule has 0 bridgehead atoms. The molecule has 1 aromatic carbocycles. The van der Waals surface area contributed by atoms with E-state index in [4.69, 9.17) is 0 Å². The topological polar surface area (TPSA) is 29.9 Å². The van der Waals surface area contributed by atoms with Gasteiger partial charge in [0.15, 0.2) is 0 Å². The van der Waals surface area contributed by atoms with Crippen molar-refractivity contribution in [3.63, 3.8) is 0 Å². The van der Waals surface area contributed by atoms with Crippen molar-refractivity contribution in [3.8, 4) is 0 Å². The molecule has 0 saturated carbocycles. The van der Waals surface area contributed by atoms with Crippen LogP contribution < -0.4 is 5.32 Å². The van der Waals surface area contributed by atoms with Gasteiger partial charge in [0.25, 0.3) is 0 Å². The minimum Gasteiger partial charge on any atom is -0.385 e. The molecule has 2 rings (SSSR count). The second kappa shape index (κ2) is 4.84. The Morgan fingerprint density at radius 2 is 1.94 bits per heavy atom. The van der Waals surface area contributed by atoms with Crippen molar-refractivity contribution in [3.05, 3.63) is 47.8 Å². The van der Waals surface area contributed by atoms with Crippen LogP contribution in [0.1, 0.15) is 11.3 Å². The fourth-order valence-electron chi connectivity index (χ4n) is 1.65. The van der Waals surface area contributed by atoms with E-state index in [0.29, 0.717) is 0 Å². The summed E-state index contributed by atoms with van der Waals surface area (Å²) in [5.74, 6) is 0. The number of anilines is 1. The molecule has 0 radical (unpaired) electrons. The Balaban J connectivity index is 1.84. The maximum absolute atomic E-state index is 4.14. The lowest BCUT2D eigenvalue weighted by Crippen LogP contribution is -2.08. The van der Waals surface area contributed by atoms with E-state index in [9.17, 15) is 0 Å². The molecule has 2 aromatic rings. The SMILES string of the molecule is Cc1ccc(NCCc2ccnn2C)cc1. The van der Waals surface area contributed by atoms with Gasteiger partial charge in [0.05, 0.1) is 0 Å². The molecule has 0 fully saturated rings. The Hall–Kier alpha value is -1.77. The second-order valence-corrected chi connectivity index (χ2v) is 3.99. The molecule has 0 aliphatic rings. The molecule has 84 valence electrons. The van der Waals surface area contributed by atoms with Gasteiger partial charge >= 0.3 is 0 Å². The number of hydrogen-bond donors (Lipinski definition) is 1. The summed E-state index contributed by atoms with van der Waals surface area (Å²) < 4.78 is 1.91. The van der Waals surface area contributed by atoms with Crippen LogP contribution in [0.2, 0.25) is 0 Å². The summed E-state index contributed by atoms with van der Waals surface area (Å²) in [4.78, 5) is 0. The van der Waals surface area contributed by atoms with Crippen molar-refractivity contribution in [2.24, 2.45) is 7.05 Å². The van der Waals surface area contributed by atoms with Crippen molar-refractivity contribution in [1.29, 1.82) is 0 Å². The van der Waals surface area contributed by atoms with Gasteiger partial charge in [0, 0.05) is 37.6 Å². The van der Waals surface area contributed by atoms with E-state index in [1.807, 2.05) is 17.9 Å². The molecule has 0 amide bonds. The molecule has 3 heteroatoms. The normalized spacial score (nSPS) is 10.4. The fraction of sp³-hybridized carbons (Fsp3) is 0.308. The maximum atomic E-state index is 4.14. The Kier molecular flexibility index (Phi) is 3.25. The highest BCUT2D eigenvalue weighted by molar-refractivity contribution is 5.44. The van der Waals surface area contributed by atoms with Gasteiger partial charge in [-0.2, -0.15) is 5.10 Å². The molecule has 16 heavy (non-hydrogen) atoms. The minimum absolute atomic E-state index is 0.933. The van der Waals surface area contributed by atoms with Crippen LogP contribution in [0.15, 0.2) is 36.5 Å². The fourth-order valence-corrected chi connectivity index (χ4v) is 1.65. The molecular formula is C13H17N3. The third-order valence-corrected chi connectivity index (χ3v) is 2.68. The molecule has 0 unspecified atom stereocenters. The smallest absolute Gasteiger partial charge is 0.0492 e. The number of aromatic nitrogens is 2. The molecule has 0 saturated heterocycles. The first-order chi connectivity index (χ1) is 7.75. The van der Waals surface area contributed by atoms with E-state index in [1.54, 1.807) is 0 Å². The van der Waals surface area contributed by atoms with Crippen LogP contribution in [-0.2, 0) is 13.5 Å². The number of nitrogens with zero attached hydrogens (tertiary/aromatic N) is 2. The lowest BCUT2D eigenvalue weighted by atomic mass is 10.2. The number of aryl methyl sites for hydroxylation is 2. The van der Waals surface area contributed by atoms with Crippen LogP contribution in [-0.4, -0.2) is 16.3 Å². The lowest BCUT2D eigenvalue weighted by Gasteiger charge is -2.06. The van der Waals surface area contributed by atoms with E-state index < -0.39 is 0 Å². The third kappa shape index (κ3) is 2.63. The van der Waals surface area contributed by atoms with Crippen LogP contribution in [0.3, 0.4) is 0 Å². The lowest BCUT2D eigenvalue weighted by molar-refractivity contribution is 0.711. The average molecular weight is 215 g/mol. The second-order valence-electron chi connectivity index (χ2n) is 3.99.